The highest BCUT2D eigenvalue weighted by atomic mass is 16.5. The number of ether oxygens (including phenoxy) is 1. The number of carbonyl (C=O) groups excluding carboxylic acids is 1. The van der Waals surface area contributed by atoms with Gasteiger partial charge in [0.25, 0.3) is 0 Å². The van der Waals surface area contributed by atoms with Gasteiger partial charge in [0.1, 0.15) is 5.75 Å². The zero-order valence-corrected chi connectivity index (χ0v) is 12.4. The average Bonchev–Trinajstić information content (AvgIpc) is 2.95. The fourth-order valence-corrected chi connectivity index (χ4v) is 3.37. The molecule has 114 valence electrons. The third-order valence-corrected chi connectivity index (χ3v) is 4.52. The Morgan fingerprint density at radius 1 is 1.43 bits per heavy atom. The van der Waals surface area contributed by atoms with Crippen molar-refractivity contribution in [3.63, 3.8) is 0 Å². The van der Waals surface area contributed by atoms with Crippen molar-refractivity contribution in [3.05, 3.63) is 29.3 Å². The fraction of sp³-hybridized carbons (Fsp3) is 0.588. The van der Waals surface area contributed by atoms with E-state index in [9.17, 15) is 4.79 Å². The van der Waals surface area contributed by atoms with Crippen LogP contribution in [0.2, 0.25) is 0 Å². The second-order valence-electron chi connectivity index (χ2n) is 6.10. The minimum absolute atomic E-state index is 0.189. The highest BCUT2D eigenvalue weighted by Gasteiger charge is 2.22. The third-order valence-electron chi connectivity index (χ3n) is 4.52. The van der Waals surface area contributed by atoms with Crippen molar-refractivity contribution in [2.45, 2.75) is 25.7 Å². The number of rotatable bonds is 5. The fourth-order valence-electron chi connectivity index (χ4n) is 3.37. The van der Waals surface area contributed by atoms with Crippen LogP contribution in [0.4, 0.5) is 0 Å². The van der Waals surface area contributed by atoms with Crippen LogP contribution < -0.4 is 4.74 Å². The Labute approximate surface area is 125 Å². The van der Waals surface area contributed by atoms with Gasteiger partial charge in [0.2, 0.25) is 0 Å². The quantitative estimate of drug-likeness (QED) is 0.841. The van der Waals surface area contributed by atoms with Crippen molar-refractivity contribution in [2.75, 3.05) is 32.8 Å². The first-order valence-electron chi connectivity index (χ1n) is 7.88. The van der Waals surface area contributed by atoms with Gasteiger partial charge in [-0.05, 0) is 55.5 Å². The summed E-state index contributed by atoms with van der Waals surface area (Å²) >= 11 is 0. The van der Waals surface area contributed by atoms with Crippen molar-refractivity contribution in [2.24, 2.45) is 5.92 Å². The predicted molar refractivity (Wildman–Crippen MR) is 80.8 cm³/mol. The van der Waals surface area contributed by atoms with Crippen LogP contribution in [0.25, 0.3) is 0 Å². The number of aliphatic hydroxyl groups is 1. The van der Waals surface area contributed by atoms with E-state index in [1.807, 2.05) is 18.2 Å². The number of hydrogen-bond donors (Lipinski definition) is 1. The maximum Gasteiger partial charge on any atom is 0.176 e. The van der Waals surface area contributed by atoms with E-state index in [0.717, 1.165) is 55.8 Å². The Morgan fingerprint density at radius 2 is 2.33 bits per heavy atom. The summed E-state index contributed by atoms with van der Waals surface area (Å²) in [5.74, 6) is 1.65. The lowest BCUT2D eigenvalue weighted by Crippen LogP contribution is -2.39. The van der Waals surface area contributed by atoms with E-state index < -0.39 is 0 Å². The molecule has 1 aromatic rings. The highest BCUT2D eigenvalue weighted by molar-refractivity contribution is 5.98. The first-order chi connectivity index (χ1) is 10.3. The standard InChI is InChI=1S/C17H23NO3/c19-8-5-13-2-1-7-18(11-13)12-16(20)14-3-4-17-15(10-14)6-9-21-17/h3-4,10,13,19H,1-2,5-9,11-12H2. The molecule has 0 aliphatic carbocycles. The van der Waals surface area contributed by atoms with Crippen LogP contribution in [-0.4, -0.2) is 48.6 Å². The Kier molecular flexibility index (Phi) is 4.56. The molecule has 1 fully saturated rings. The largest absolute Gasteiger partial charge is 0.493 e. The molecule has 2 heterocycles. The molecule has 1 N–H and O–H groups in total. The van der Waals surface area contributed by atoms with E-state index in [0.29, 0.717) is 12.5 Å². The van der Waals surface area contributed by atoms with Gasteiger partial charge in [0.05, 0.1) is 13.2 Å². The SMILES string of the molecule is O=C(CN1CCCC(CCO)C1)c1ccc2c(c1)CCO2. The zero-order valence-electron chi connectivity index (χ0n) is 12.4. The van der Waals surface area contributed by atoms with E-state index in [1.165, 1.54) is 6.42 Å². The lowest BCUT2D eigenvalue weighted by atomic mass is 9.94. The van der Waals surface area contributed by atoms with Gasteiger partial charge >= 0.3 is 0 Å². The van der Waals surface area contributed by atoms with Crippen molar-refractivity contribution < 1.29 is 14.6 Å². The average molecular weight is 289 g/mol. The van der Waals surface area contributed by atoms with Gasteiger partial charge in [0, 0.05) is 25.1 Å². The number of aliphatic hydroxyl groups excluding tert-OH is 1. The van der Waals surface area contributed by atoms with Crippen molar-refractivity contribution in [3.8, 4) is 5.75 Å². The summed E-state index contributed by atoms with van der Waals surface area (Å²) in [5, 5.41) is 9.06. The maximum absolute atomic E-state index is 12.4. The van der Waals surface area contributed by atoms with Gasteiger partial charge < -0.3 is 9.84 Å². The molecule has 0 saturated carbocycles. The van der Waals surface area contributed by atoms with E-state index in [-0.39, 0.29) is 12.4 Å². The van der Waals surface area contributed by atoms with Crippen LogP contribution in [0.3, 0.4) is 0 Å². The smallest absolute Gasteiger partial charge is 0.176 e. The molecule has 2 aliphatic rings. The van der Waals surface area contributed by atoms with Crippen LogP contribution in [0.1, 0.15) is 35.2 Å². The molecule has 0 bridgehead atoms. The Hall–Kier alpha value is -1.39. The first-order valence-corrected chi connectivity index (χ1v) is 7.88. The monoisotopic (exact) mass is 289 g/mol. The number of Topliss-reactive ketones (excluding diaryl/α,β-unsaturated/α-hetero) is 1. The van der Waals surface area contributed by atoms with Crippen molar-refractivity contribution in [1.29, 1.82) is 0 Å². The summed E-state index contributed by atoms with van der Waals surface area (Å²) in [7, 11) is 0. The number of ketones is 1. The topological polar surface area (TPSA) is 49.8 Å². The van der Waals surface area contributed by atoms with Crippen LogP contribution in [-0.2, 0) is 6.42 Å². The third kappa shape index (κ3) is 3.44. The van der Waals surface area contributed by atoms with Gasteiger partial charge in [-0.15, -0.1) is 0 Å². The molecule has 1 saturated heterocycles. The normalized spacial score (nSPS) is 21.9. The van der Waals surface area contributed by atoms with E-state index in [4.69, 9.17) is 9.84 Å². The summed E-state index contributed by atoms with van der Waals surface area (Å²) in [6, 6.07) is 5.78. The molecule has 1 unspecified atom stereocenters. The predicted octanol–water partition coefficient (Wildman–Crippen LogP) is 1.90. The molecule has 4 heteroatoms. The minimum atomic E-state index is 0.189. The number of likely N-dealkylation sites (tertiary alicyclic amines) is 1. The number of piperidine rings is 1. The minimum Gasteiger partial charge on any atom is -0.493 e. The van der Waals surface area contributed by atoms with E-state index in [2.05, 4.69) is 4.90 Å². The molecule has 0 amide bonds. The molecule has 0 radical (unpaired) electrons. The molecular formula is C17H23NO3. The zero-order chi connectivity index (χ0) is 14.7. The van der Waals surface area contributed by atoms with Crippen LogP contribution >= 0.6 is 0 Å². The molecular weight excluding hydrogens is 266 g/mol. The van der Waals surface area contributed by atoms with Crippen LogP contribution in [0.5, 0.6) is 5.75 Å². The van der Waals surface area contributed by atoms with Gasteiger partial charge in [-0.25, -0.2) is 0 Å². The van der Waals surface area contributed by atoms with Gasteiger partial charge in [0.15, 0.2) is 5.78 Å². The molecule has 0 spiro atoms. The van der Waals surface area contributed by atoms with Crippen molar-refractivity contribution in [1.82, 2.24) is 4.90 Å². The van der Waals surface area contributed by atoms with Gasteiger partial charge in [-0.2, -0.15) is 0 Å². The molecule has 1 atom stereocenters. The molecule has 1 aromatic carbocycles. The van der Waals surface area contributed by atoms with Crippen LogP contribution in [0.15, 0.2) is 18.2 Å². The number of benzene rings is 1. The maximum atomic E-state index is 12.4. The molecule has 21 heavy (non-hydrogen) atoms. The number of carbonyl (C=O) groups is 1. The number of fused-ring (bicyclic) bond motifs is 1. The lowest BCUT2D eigenvalue weighted by molar-refractivity contribution is 0.0871. The second kappa shape index (κ2) is 6.58. The van der Waals surface area contributed by atoms with Gasteiger partial charge in [-0.3, -0.25) is 9.69 Å². The summed E-state index contributed by atoms with van der Waals surface area (Å²) in [5.41, 5.74) is 1.95. The Balaban J connectivity index is 1.60. The molecule has 4 nitrogen and oxygen atoms in total. The summed E-state index contributed by atoms with van der Waals surface area (Å²) in [6.45, 7) is 3.38. The van der Waals surface area contributed by atoms with E-state index >= 15 is 0 Å². The number of nitrogens with zero attached hydrogens (tertiary/aromatic N) is 1. The highest BCUT2D eigenvalue weighted by Crippen LogP contribution is 2.26. The van der Waals surface area contributed by atoms with Gasteiger partial charge in [-0.1, -0.05) is 0 Å². The lowest BCUT2D eigenvalue weighted by Gasteiger charge is -2.31. The van der Waals surface area contributed by atoms with Crippen LogP contribution in [0, 0.1) is 5.92 Å². The molecule has 0 aromatic heterocycles. The molecule has 2 aliphatic heterocycles. The second-order valence-corrected chi connectivity index (χ2v) is 6.10. The molecule has 3 rings (SSSR count). The summed E-state index contributed by atoms with van der Waals surface area (Å²) in [6.07, 6.45) is 4.04. The van der Waals surface area contributed by atoms with E-state index in [1.54, 1.807) is 0 Å². The Morgan fingerprint density at radius 3 is 3.19 bits per heavy atom. The first kappa shape index (κ1) is 14.5. The summed E-state index contributed by atoms with van der Waals surface area (Å²) < 4.78 is 5.48. The Bertz CT molecular complexity index is 513. The van der Waals surface area contributed by atoms with Crippen molar-refractivity contribution >= 4 is 5.78 Å². The number of hydrogen-bond acceptors (Lipinski definition) is 4. The summed E-state index contributed by atoms with van der Waals surface area (Å²) in [4.78, 5) is 14.7.